The van der Waals surface area contributed by atoms with Crippen LogP contribution in [0.3, 0.4) is 0 Å². The number of fused-ring (bicyclic) bond motifs is 1. The van der Waals surface area contributed by atoms with Crippen molar-refractivity contribution in [3.63, 3.8) is 0 Å². The third-order valence-corrected chi connectivity index (χ3v) is 4.14. The predicted octanol–water partition coefficient (Wildman–Crippen LogP) is 3.29. The van der Waals surface area contributed by atoms with Crippen LogP contribution in [0.25, 0.3) is 0 Å². The molecule has 3 nitrogen and oxygen atoms in total. The van der Waals surface area contributed by atoms with E-state index in [2.05, 4.69) is 11.4 Å². The van der Waals surface area contributed by atoms with Crippen LogP contribution in [0.15, 0.2) is 24.3 Å². The van der Waals surface area contributed by atoms with Crippen LogP contribution in [0.2, 0.25) is 0 Å². The largest absolute Gasteiger partial charge is 0.461 e. The highest BCUT2D eigenvalue weighted by atomic mass is 16.5. The minimum absolute atomic E-state index is 0.0805. The van der Waals surface area contributed by atoms with Gasteiger partial charge in [0, 0.05) is 12.1 Å². The second-order valence-electron chi connectivity index (χ2n) is 5.61. The van der Waals surface area contributed by atoms with Gasteiger partial charge < -0.3 is 10.1 Å². The number of carbonyl (C=O) groups excluding carboxylic acids is 1. The molecule has 1 N–H and O–H groups in total. The molecule has 2 aliphatic rings. The number of hydrogen-bond acceptors (Lipinski definition) is 3. The molecule has 1 aromatic carbocycles. The molecule has 1 aliphatic carbocycles. The third kappa shape index (κ3) is 2.91. The summed E-state index contributed by atoms with van der Waals surface area (Å²) in [7, 11) is 0. The fourth-order valence-electron chi connectivity index (χ4n) is 3.05. The van der Waals surface area contributed by atoms with Gasteiger partial charge in [0.1, 0.15) is 12.1 Å². The summed E-state index contributed by atoms with van der Waals surface area (Å²) in [6, 6.07) is 7.90. The first-order chi connectivity index (χ1) is 9.33. The van der Waals surface area contributed by atoms with Gasteiger partial charge in [0.05, 0.1) is 0 Å². The minimum atomic E-state index is -0.194. The molecule has 1 aromatic rings. The van der Waals surface area contributed by atoms with Crippen LogP contribution < -0.4 is 5.32 Å². The lowest BCUT2D eigenvalue weighted by atomic mass is 10.1. The molecule has 0 spiro atoms. The normalized spacial score (nSPS) is 23.3. The first-order valence-electron chi connectivity index (χ1n) is 7.38. The molecule has 0 aromatic heterocycles. The first-order valence-corrected chi connectivity index (χ1v) is 7.38. The zero-order chi connectivity index (χ0) is 13.1. The number of nitrogens with one attached hydrogen (secondary N) is 1. The highest BCUT2D eigenvalue weighted by Gasteiger charge is 2.29. The second kappa shape index (κ2) is 5.64. The molecule has 1 heterocycles. The van der Waals surface area contributed by atoms with Crippen LogP contribution >= 0.6 is 0 Å². The number of anilines is 1. The summed E-state index contributed by atoms with van der Waals surface area (Å²) in [5.41, 5.74) is 2.29. The van der Waals surface area contributed by atoms with Crippen LogP contribution in [0.1, 0.15) is 44.1 Å². The lowest BCUT2D eigenvalue weighted by Gasteiger charge is -2.18. The van der Waals surface area contributed by atoms with Gasteiger partial charge in [0.2, 0.25) is 0 Å². The Morgan fingerprint density at radius 2 is 1.84 bits per heavy atom. The van der Waals surface area contributed by atoms with Crippen molar-refractivity contribution < 1.29 is 9.53 Å². The van der Waals surface area contributed by atoms with Gasteiger partial charge in [-0.25, -0.2) is 4.79 Å². The van der Waals surface area contributed by atoms with E-state index in [1.54, 1.807) is 0 Å². The molecule has 1 saturated carbocycles. The highest BCUT2D eigenvalue weighted by Crippen LogP contribution is 2.27. The van der Waals surface area contributed by atoms with Gasteiger partial charge in [-0.1, -0.05) is 31.0 Å². The molecule has 0 radical (unpaired) electrons. The van der Waals surface area contributed by atoms with Crippen LogP contribution in [0.5, 0.6) is 0 Å². The molecular weight excluding hydrogens is 238 g/mol. The van der Waals surface area contributed by atoms with Gasteiger partial charge in [-0.2, -0.15) is 0 Å². The molecule has 0 bridgehead atoms. The van der Waals surface area contributed by atoms with Gasteiger partial charge >= 0.3 is 5.97 Å². The van der Waals surface area contributed by atoms with Gasteiger partial charge in [-0.15, -0.1) is 0 Å². The van der Waals surface area contributed by atoms with Crippen molar-refractivity contribution in [2.75, 3.05) is 5.32 Å². The molecule has 3 rings (SSSR count). The van der Waals surface area contributed by atoms with Gasteiger partial charge in [-0.3, -0.25) is 0 Å². The van der Waals surface area contributed by atoms with E-state index < -0.39 is 0 Å². The Kier molecular flexibility index (Phi) is 3.72. The Balaban J connectivity index is 1.57. The number of esters is 1. The molecule has 1 aliphatic heterocycles. The Hall–Kier alpha value is -1.51. The molecule has 0 saturated heterocycles. The maximum atomic E-state index is 12.2. The van der Waals surface area contributed by atoms with Crippen molar-refractivity contribution in [2.45, 2.75) is 57.1 Å². The molecule has 19 heavy (non-hydrogen) atoms. The average Bonchev–Trinajstić information content (AvgIpc) is 2.70. The zero-order valence-electron chi connectivity index (χ0n) is 11.2. The molecule has 0 unspecified atom stereocenters. The Labute approximate surface area is 114 Å². The monoisotopic (exact) mass is 259 g/mol. The lowest BCUT2D eigenvalue weighted by Crippen LogP contribution is -2.32. The molecule has 0 amide bonds. The van der Waals surface area contributed by atoms with Crippen molar-refractivity contribution in [3.05, 3.63) is 29.8 Å². The van der Waals surface area contributed by atoms with Crippen LogP contribution in [0.4, 0.5) is 5.69 Å². The summed E-state index contributed by atoms with van der Waals surface area (Å²) >= 11 is 0. The standard InChI is InChI=1S/C16H21NO2/c18-16(19-13-8-3-1-2-4-9-13)15-11-12-7-5-6-10-14(12)17-15/h5-7,10,13,15,17H,1-4,8-9,11H2/t15-/m0/s1. The number of para-hydroxylation sites is 1. The van der Waals surface area contributed by atoms with Crippen molar-refractivity contribution in [1.29, 1.82) is 0 Å². The van der Waals surface area contributed by atoms with E-state index in [4.69, 9.17) is 4.74 Å². The van der Waals surface area contributed by atoms with Crippen molar-refractivity contribution in [1.82, 2.24) is 0 Å². The number of carbonyl (C=O) groups is 1. The summed E-state index contributed by atoms with van der Waals surface area (Å²) in [4.78, 5) is 12.2. The second-order valence-corrected chi connectivity index (χ2v) is 5.61. The zero-order valence-corrected chi connectivity index (χ0v) is 11.2. The molecular formula is C16H21NO2. The fraction of sp³-hybridized carbons (Fsp3) is 0.562. The molecule has 1 atom stereocenters. The van der Waals surface area contributed by atoms with Gasteiger partial charge in [0.25, 0.3) is 0 Å². The summed E-state index contributed by atoms with van der Waals surface area (Å²) in [6.07, 6.45) is 7.90. The summed E-state index contributed by atoms with van der Waals surface area (Å²) in [5, 5.41) is 3.26. The Morgan fingerprint density at radius 1 is 1.11 bits per heavy atom. The van der Waals surface area contributed by atoms with Gasteiger partial charge in [0.15, 0.2) is 0 Å². The predicted molar refractivity (Wildman–Crippen MR) is 75.1 cm³/mol. The number of ether oxygens (including phenoxy) is 1. The van der Waals surface area contributed by atoms with E-state index in [-0.39, 0.29) is 18.1 Å². The lowest BCUT2D eigenvalue weighted by molar-refractivity contribution is -0.150. The van der Waals surface area contributed by atoms with Crippen molar-refractivity contribution in [2.24, 2.45) is 0 Å². The average molecular weight is 259 g/mol. The van der Waals surface area contributed by atoms with E-state index in [1.165, 1.54) is 31.2 Å². The maximum absolute atomic E-state index is 12.2. The number of rotatable bonds is 2. The summed E-state index contributed by atoms with van der Waals surface area (Å²) < 4.78 is 5.69. The summed E-state index contributed by atoms with van der Waals surface area (Å²) in [6.45, 7) is 0. The van der Waals surface area contributed by atoms with E-state index in [1.807, 2.05) is 18.2 Å². The molecule has 3 heteroatoms. The SMILES string of the molecule is O=C(OC1CCCCCC1)[C@@H]1Cc2ccccc2N1. The van der Waals surface area contributed by atoms with E-state index in [0.29, 0.717) is 0 Å². The molecule has 1 fully saturated rings. The Bertz CT molecular complexity index is 425. The van der Waals surface area contributed by atoms with E-state index >= 15 is 0 Å². The van der Waals surface area contributed by atoms with E-state index in [0.717, 1.165) is 24.9 Å². The van der Waals surface area contributed by atoms with Crippen LogP contribution in [0, 0.1) is 0 Å². The number of benzene rings is 1. The maximum Gasteiger partial charge on any atom is 0.329 e. The Morgan fingerprint density at radius 3 is 2.58 bits per heavy atom. The quantitative estimate of drug-likeness (QED) is 0.654. The van der Waals surface area contributed by atoms with Crippen LogP contribution in [-0.4, -0.2) is 18.1 Å². The topological polar surface area (TPSA) is 38.3 Å². The minimum Gasteiger partial charge on any atom is -0.461 e. The van der Waals surface area contributed by atoms with Gasteiger partial charge in [-0.05, 0) is 37.3 Å². The smallest absolute Gasteiger partial charge is 0.329 e. The van der Waals surface area contributed by atoms with Crippen LogP contribution in [-0.2, 0) is 16.0 Å². The first kappa shape index (κ1) is 12.5. The van der Waals surface area contributed by atoms with Crippen molar-refractivity contribution >= 4 is 11.7 Å². The highest BCUT2D eigenvalue weighted by molar-refractivity contribution is 5.83. The third-order valence-electron chi connectivity index (χ3n) is 4.14. The van der Waals surface area contributed by atoms with E-state index in [9.17, 15) is 4.79 Å². The number of hydrogen-bond donors (Lipinski definition) is 1. The fourth-order valence-corrected chi connectivity index (χ4v) is 3.05. The van der Waals surface area contributed by atoms with Crippen molar-refractivity contribution in [3.8, 4) is 0 Å². The molecule has 102 valence electrons. The summed E-state index contributed by atoms with van der Waals surface area (Å²) in [5.74, 6) is -0.0805.